The minimum Gasteiger partial charge on any atom is -0.481 e. The molecule has 1 fully saturated rings. The summed E-state index contributed by atoms with van der Waals surface area (Å²) >= 11 is 6.32. The van der Waals surface area contributed by atoms with Crippen LogP contribution in [0.3, 0.4) is 0 Å². The van der Waals surface area contributed by atoms with Crippen LogP contribution in [0.4, 0.5) is 11.4 Å². The van der Waals surface area contributed by atoms with E-state index in [1.165, 1.54) is 37.7 Å². The summed E-state index contributed by atoms with van der Waals surface area (Å²) in [5.41, 5.74) is 5.05. The monoisotopic (exact) mass is 490 g/mol. The van der Waals surface area contributed by atoms with Gasteiger partial charge in [0, 0.05) is 35.1 Å². The van der Waals surface area contributed by atoms with Crippen molar-refractivity contribution in [3.05, 3.63) is 94.5 Å². The fourth-order valence-corrected chi connectivity index (χ4v) is 4.85. The number of carboxylic acid groups (broad SMARTS) is 1. The zero-order valence-corrected chi connectivity index (χ0v) is 20.5. The molecular weight excluding hydrogens is 460 g/mol. The van der Waals surface area contributed by atoms with E-state index in [1.807, 2.05) is 36.4 Å². The van der Waals surface area contributed by atoms with E-state index in [1.54, 1.807) is 12.1 Å². The van der Waals surface area contributed by atoms with Crippen LogP contribution in [0.25, 0.3) is 0 Å². The molecule has 0 atom stereocenters. The normalized spacial score (nSPS) is 13.9. The average molecular weight is 491 g/mol. The van der Waals surface area contributed by atoms with Crippen LogP contribution in [-0.2, 0) is 11.3 Å². The van der Waals surface area contributed by atoms with E-state index in [4.69, 9.17) is 16.7 Å². The number of nitrogens with one attached hydrogen (secondary N) is 1. The lowest BCUT2D eigenvalue weighted by molar-refractivity contribution is -0.136. The molecule has 0 saturated heterocycles. The van der Waals surface area contributed by atoms with Crippen LogP contribution in [-0.4, -0.2) is 23.5 Å². The molecule has 182 valence electrons. The number of halogens is 1. The number of anilines is 2. The van der Waals surface area contributed by atoms with E-state index in [2.05, 4.69) is 34.5 Å². The van der Waals surface area contributed by atoms with E-state index in [-0.39, 0.29) is 18.9 Å². The Kier molecular flexibility index (Phi) is 8.43. The molecule has 1 aliphatic carbocycles. The molecule has 0 aromatic heterocycles. The third-order valence-electron chi connectivity index (χ3n) is 6.58. The lowest BCUT2D eigenvalue weighted by atomic mass is 9.84. The van der Waals surface area contributed by atoms with Crippen LogP contribution in [0.5, 0.6) is 0 Å². The first-order chi connectivity index (χ1) is 17.0. The summed E-state index contributed by atoms with van der Waals surface area (Å²) in [7, 11) is 0. The van der Waals surface area contributed by atoms with Gasteiger partial charge < -0.3 is 15.3 Å². The zero-order valence-electron chi connectivity index (χ0n) is 19.8. The molecule has 0 unspecified atom stereocenters. The molecular formula is C29H31ClN2O3. The van der Waals surface area contributed by atoms with Gasteiger partial charge in [0.15, 0.2) is 0 Å². The molecule has 0 bridgehead atoms. The number of hydrogen-bond acceptors (Lipinski definition) is 3. The standard InChI is InChI=1S/C29H31ClN2O3/c30-25-7-4-8-27(19-25)32(26-15-13-23(14-16-26)22-5-2-1-3-6-22)20-21-9-11-24(12-10-21)29(35)31-18-17-28(33)34/h4,7-16,19,22H,1-3,5-6,17-18,20H2,(H,31,35)(H,33,34). The summed E-state index contributed by atoms with van der Waals surface area (Å²) < 4.78 is 0. The van der Waals surface area contributed by atoms with E-state index in [0.29, 0.717) is 23.0 Å². The highest BCUT2D eigenvalue weighted by atomic mass is 35.5. The Bertz CT molecular complexity index is 1140. The molecule has 0 heterocycles. The van der Waals surface area contributed by atoms with Gasteiger partial charge in [0.25, 0.3) is 5.91 Å². The molecule has 35 heavy (non-hydrogen) atoms. The molecule has 3 aromatic rings. The molecule has 6 heteroatoms. The van der Waals surface area contributed by atoms with Crippen molar-refractivity contribution in [1.82, 2.24) is 5.32 Å². The van der Waals surface area contributed by atoms with Gasteiger partial charge in [0.05, 0.1) is 6.42 Å². The van der Waals surface area contributed by atoms with Crippen molar-refractivity contribution in [3.63, 3.8) is 0 Å². The van der Waals surface area contributed by atoms with Gasteiger partial charge in [-0.25, -0.2) is 0 Å². The number of amides is 1. The highest BCUT2D eigenvalue weighted by Gasteiger charge is 2.17. The number of aliphatic carboxylic acids is 1. The highest BCUT2D eigenvalue weighted by Crippen LogP contribution is 2.35. The van der Waals surface area contributed by atoms with Gasteiger partial charge in [-0.15, -0.1) is 0 Å². The number of benzene rings is 3. The molecule has 1 amide bonds. The molecule has 0 spiro atoms. The van der Waals surface area contributed by atoms with Gasteiger partial charge >= 0.3 is 5.97 Å². The molecule has 1 aliphatic rings. The van der Waals surface area contributed by atoms with Crippen molar-refractivity contribution in [1.29, 1.82) is 0 Å². The lowest BCUT2D eigenvalue weighted by Crippen LogP contribution is -2.26. The summed E-state index contributed by atoms with van der Waals surface area (Å²) in [6.45, 7) is 0.722. The molecule has 1 saturated carbocycles. The van der Waals surface area contributed by atoms with Crippen LogP contribution in [0, 0.1) is 0 Å². The number of hydrogen-bond donors (Lipinski definition) is 2. The second-order valence-corrected chi connectivity index (χ2v) is 9.53. The van der Waals surface area contributed by atoms with Crippen molar-refractivity contribution in [2.45, 2.75) is 51.0 Å². The predicted octanol–water partition coefficient (Wildman–Crippen LogP) is 6.93. The quantitative estimate of drug-likeness (QED) is 0.341. The maximum absolute atomic E-state index is 12.3. The fraction of sp³-hybridized carbons (Fsp3) is 0.310. The summed E-state index contributed by atoms with van der Waals surface area (Å²) in [5, 5.41) is 12.1. The van der Waals surface area contributed by atoms with Crippen molar-refractivity contribution >= 4 is 34.9 Å². The maximum Gasteiger partial charge on any atom is 0.305 e. The van der Waals surface area contributed by atoms with Gasteiger partial charge in [-0.1, -0.05) is 61.2 Å². The van der Waals surface area contributed by atoms with Gasteiger partial charge in [0.1, 0.15) is 0 Å². The minimum atomic E-state index is -0.937. The van der Waals surface area contributed by atoms with Gasteiger partial charge in [-0.2, -0.15) is 0 Å². The van der Waals surface area contributed by atoms with E-state index in [0.717, 1.165) is 16.9 Å². The van der Waals surface area contributed by atoms with Crippen LogP contribution in [0.15, 0.2) is 72.8 Å². The first-order valence-corrected chi connectivity index (χ1v) is 12.6. The fourth-order valence-electron chi connectivity index (χ4n) is 4.67. The smallest absolute Gasteiger partial charge is 0.305 e. The van der Waals surface area contributed by atoms with Crippen molar-refractivity contribution in [3.8, 4) is 0 Å². The van der Waals surface area contributed by atoms with Crippen LogP contribution in [0.2, 0.25) is 5.02 Å². The lowest BCUT2D eigenvalue weighted by Gasteiger charge is -2.27. The molecule has 2 N–H and O–H groups in total. The topological polar surface area (TPSA) is 69.6 Å². The Morgan fingerprint density at radius 2 is 1.63 bits per heavy atom. The van der Waals surface area contributed by atoms with Crippen LogP contribution >= 0.6 is 11.6 Å². The number of carbonyl (C=O) groups is 2. The molecule has 3 aromatic carbocycles. The molecule has 4 rings (SSSR count). The maximum atomic E-state index is 12.3. The molecule has 0 aliphatic heterocycles. The third kappa shape index (κ3) is 6.86. The summed E-state index contributed by atoms with van der Waals surface area (Å²) in [6, 6.07) is 24.1. The summed E-state index contributed by atoms with van der Waals surface area (Å²) in [4.78, 5) is 25.1. The van der Waals surface area contributed by atoms with Crippen LogP contribution in [0.1, 0.15) is 65.9 Å². The Balaban J connectivity index is 1.52. The Labute approximate surface area is 211 Å². The summed E-state index contributed by atoms with van der Waals surface area (Å²) in [6.07, 6.45) is 6.42. The van der Waals surface area contributed by atoms with Gasteiger partial charge in [-0.05, 0) is 72.4 Å². The van der Waals surface area contributed by atoms with Gasteiger partial charge in [0.2, 0.25) is 0 Å². The summed E-state index contributed by atoms with van der Waals surface area (Å²) in [5.74, 6) is -0.553. The number of carboxylic acids is 1. The largest absolute Gasteiger partial charge is 0.481 e. The Hall–Kier alpha value is -3.31. The number of nitrogens with zero attached hydrogens (tertiary/aromatic N) is 1. The van der Waals surface area contributed by atoms with E-state index < -0.39 is 5.97 Å². The van der Waals surface area contributed by atoms with E-state index in [9.17, 15) is 9.59 Å². The third-order valence-corrected chi connectivity index (χ3v) is 6.82. The Morgan fingerprint density at radius 1 is 0.914 bits per heavy atom. The highest BCUT2D eigenvalue weighted by molar-refractivity contribution is 6.30. The SMILES string of the molecule is O=C(O)CCNC(=O)c1ccc(CN(c2ccc(C3CCCCC3)cc2)c2cccc(Cl)c2)cc1. The molecule has 0 radical (unpaired) electrons. The van der Waals surface area contributed by atoms with Crippen molar-refractivity contribution < 1.29 is 14.7 Å². The average Bonchev–Trinajstić information content (AvgIpc) is 2.88. The molecule has 5 nitrogen and oxygen atoms in total. The zero-order chi connectivity index (χ0) is 24.6. The van der Waals surface area contributed by atoms with Gasteiger partial charge in [-0.3, -0.25) is 9.59 Å². The first-order valence-electron chi connectivity index (χ1n) is 12.2. The second kappa shape index (κ2) is 11.9. The Morgan fingerprint density at radius 3 is 2.29 bits per heavy atom. The predicted molar refractivity (Wildman–Crippen MR) is 141 cm³/mol. The second-order valence-electron chi connectivity index (χ2n) is 9.09. The number of rotatable bonds is 9. The van der Waals surface area contributed by atoms with Crippen molar-refractivity contribution in [2.24, 2.45) is 0 Å². The van der Waals surface area contributed by atoms with E-state index >= 15 is 0 Å². The minimum absolute atomic E-state index is 0.0993. The first kappa shape index (κ1) is 24.8. The van der Waals surface area contributed by atoms with Crippen LogP contribution < -0.4 is 10.2 Å². The number of carbonyl (C=O) groups excluding carboxylic acids is 1. The van der Waals surface area contributed by atoms with Crippen molar-refractivity contribution in [2.75, 3.05) is 11.4 Å².